The molecule has 3 aliphatic heterocycles. The fourth-order valence-electron chi connectivity index (χ4n) is 16.1. The zero-order valence-corrected chi connectivity index (χ0v) is 75.6. The first-order valence-corrected chi connectivity index (χ1v) is 45.0. The van der Waals surface area contributed by atoms with Crippen molar-refractivity contribution in [3.05, 3.63) is 137 Å². The van der Waals surface area contributed by atoms with Crippen LogP contribution in [-0.2, 0) is 107 Å². The number of para-hydroxylation sites is 1. The molecule has 36 nitrogen and oxygen atoms in total. The van der Waals surface area contributed by atoms with Crippen LogP contribution in [0.5, 0.6) is 5.75 Å². The van der Waals surface area contributed by atoms with Gasteiger partial charge in [0.25, 0.3) is 0 Å². The van der Waals surface area contributed by atoms with Gasteiger partial charge in [-0.3, -0.25) is 76.8 Å². The van der Waals surface area contributed by atoms with E-state index in [0.717, 1.165) is 34.2 Å². The van der Waals surface area contributed by atoms with Crippen molar-refractivity contribution >= 4 is 118 Å². The molecule has 0 aliphatic carbocycles. The number of carbonyl (C=O) groups is 16. The standard InChI is InChI=1S/C91H126FN17O19S/c1-11-12-24-71(89(126)108-37-18-25-69(108)84(121)98-59(48-110)45-77(115)116)105(8)88(125)73(43-54-20-14-13-15-21-54)107(10)87(124)67(42-55-27-31-58(92)32-28-55)99-76(114)50-129-49-68(80(117)97-47-75(94)113)104-81(118)64(39-51(2)3)101-82(119)65(41-56-29-33-60(111)34-30-56)102-83(120)66(44-57-46-96-62-23-17-16-22-61(57)62)103-85(122)70-26-19-38-109(70)91-79(128-91)63(35-36-74(93)112)100-86(123)72(40-52(4)5)106(9)90(127)78(95)53(6)7/h13-17,20-23,27-34,46,48,51-53,59,63-73,78-79,91,96,111H,11-12,18-19,24-26,35-45,47,49-50,95H2,1-10H3,(H2,93,112)(H2,94,113)(H,97,117)(H,98,121)(H,99,114)(H,100,123)(H,101,119)(H,102,120)(H,103,122)(H,104,118)(H,115,116)/t59-,63-,64-,65-,66-,67-,68-,69+,70+,71-,72-,73-,78-,79?,91?/m0/s1. The largest absolute Gasteiger partial charge is 0.508 e. The minimum Gasteiger partial charge on any atom is -0.508 e. The fraction of sp³-hybridized carbons (Fsp3) is 0.538. The minimum absolute atomic E-state index is 0.0368. The number of nitrogens with zero attached hydrogens (tertiary/aromatic N) is 5. The normalized spacial score (nSPS) is 18.0. The molecule has 0 spiro atoms. The Kier molecular flexibility index (Phi) is 39.0. The molecule has 0 radical (unpaired) electrons. The summed E-state index contributed by atoms with van der Waals surface area (Å²) >= 11 is 0.803. The Balaban J connectivity index is 1.01. The number of likely N-dealkylation sites (N-methyl/N-ethyl adjacent to an activating group) is 3. The number of primary amides is 2. The van der Waals surface area contributed by atoms with E-state index in [1.807, 2.05) is 43.9 Å². The molecule has 38 heteroatoms. The summed E-state index contributed by atoms with van der Waals surface area (Å²) in [6, 6.07) is 10.7. The number of thioether (sulfide) groups is 1. The molecule has 3 fully saturated rings. The summed E-state index contributed by atoms with van der Waals surface area (Å²) < 4.78 is 20.8. The summed E-state index contributed by atoms with van der Waals surface area (Å²) in [4.78, 5) is 235. The average molecular weight is 1810 g/mol. The Morgan fingerprint density at radius 2 is 1.17 bits per heavy atom. The number of H-pyrrole nitrogens is 1. The Labute approximate surface area is 754 Å². The van der Waals surface area contributed by atoms with Crippen LogP contribution in [0.25, 0.3) is 10.9 Å². The molecule has 2 unspecified atom stereocenters. The number of rotatable bonds is 51. The van der Waals surface area contributed by atoms with Crippen LogP contribution >= 0.6 is 11.8 Å². The highest BCUT2D eigenvalue weighted by Gasteiger charge is 2.54. The average Bonchev–Trinajstić information content (AvgIpc) is 1.61. The number of halogens is 1. The highest BCUT2D eigenvalue weighted by Crippen LogP contribution is 2.37. The third-order valence-corrected chi connectivity index (χ3v) is 24.4. The van der Waals surface area contributed by atoms with Crippen molar-refractivity contribution in [2.75, 3.05) is 52.3 Å². The van der Waals surface area contributed by atoms with E-state index >= 15 is 24.0 Å². The molecule has 3 saturated heterocycles. The van der Waals surface area contributed by atoms with Gasteiger partial charge in [0.05, 0.1) is 42.9 Å². The first kappa shape index (κ1) is 102. The van der Waals surface area contributed by atoms with Gasteiger partial charge in [0.1, 0.15) is 84.6 Å². The smallest absolute Gasteiger partial charge is 0.305 e. The lowest BCUT2D eigenvalue weighted by atomic mass is 9.98. The second-order valence-electron chi connectivity index (χ2n) is 34.6. The second kappa shape index (κ2) is 49.0. The molecule has 15 atom stereocenters. The number of benzene rings is 4. The summed E-state index contributed by atoms with van der Waals surface area (Å²) in [5, 5.41) is 42.3. The Morgan fingerprint density at radius 3 is 1.80 bits per heavy atom. The second-order valence-corrected chi connectivity index (χ2v) is 35.7. The van der Waals surface area contributed by atoms with Gasteiger partial charge in [-0.05, 0) is 122 Å². The van der Waals surface area contributed by atoms with Crippen LogP contribution in [-0.4, -0.2) is 278 Å². The lowest BCUT2D eigenvalue weighted by molar-refractivity contribution is -0.152. The van der Waals surface area contributed by atoms with Gasteiger partial charge in [0, 0.05) is 89.2 Å². The quantitative estimate of drug-likeness (QED) is 0.0195. The molecule has 8 rings (SSSR count). The number of epoxide rings is 1. The van der Waals surface area contributed by atoms with Crippen LogP contribution in [0.15, 0.2) is 109 Å². The molecule has 129 heavy (non-hydrogen) atoms. The molecule has 0 saturated carbocycles. The van der Waals surface area contributed by atoms with Crippen molar-refractivity contribution in [1.29, 1.82) is 0 Å². The Bertz CT molecular complexity index is 4740. The molecule has 14 amide bonds. The van der Waals surface area contributed by atoms with Gasteiger partial charge < -0.3 is 104 Å². The van der Waals surface area contributed by atoms with Crippen LogP contribution in [0, 0.1) is 23.6 Å². The van der Waals surface area contributed by atoms with Crippen molar-refractivity contribution in [2.45, 2.75) is 242 Å². The van der Waals surface area contributed by atoms with Crippen molar-refractivity contribution < 1.29 is 96.1 Å². The number of hydrogen-bond donors (Lipinski definition) is 14. The van der Waals surface area contributed by atoms with E-state index in [1.54, 1.807) is 70.3 Å². The highest BCUT2D eigenvalue weighted by atomic mass is 32.2. The topological polar surface area (TPSA) is 532 Å². The molecular formula is C91H126FN17O19S. The highest BCUT2D eigenvalue weighted by molar-refractivity contribution is 8.00. The van der Waals surface area contributed by atoms with Gasteiger partial charge in [0.15, 0.2) is 0 Å². The lowest BCUT2D eigenvalue weighted by Crippen LogP contribution is -2.60. The van der Waals surface area contributed by atoms with Gasteiger partial charge >= 0.3 is 5.97 Å². The van der Waals surface area contributed by atoms with Gasteiger partial charge in [0.2, 0.25) is 82.7 Å². The van der Waals surface area contributed by atoms with E-state index in [1.165, 1.54) is 72.2 Å². The number of amides is 14. The van der Waals surface area contributed by atoms with Gasteiger partial charge in [-0.1, -0.05) is 134 Å². The first-order chi connectivity index (χ1) is 61.3. The fourth-order valence-corrected chi connectivity index (χ4v) is 17.0. The number of phenols is 1. The maximum Gasteiger partial charge on any atom is 0.305 e. The van der Waals surface area contributed by atoms with Crippen molar-refractivity contribution in [2.24, 2.45) is 35.0 Å². The summed E-state index contributed by atoms with van der Waals surface area (Å²) in [7, 11) is 4.28. The molecule has 17 N–H and O–H groups in total. The number of nitrogens with one attached hydrogen (secondary N) is 9. The van der Waals surface area contributed by atoms with E-state index in [2.05, 4.69) is 47.5 Å². The summed E-state index contributed by atoms with van der Waals surface area (Å²) in [5.74, 6) is -14.0. The van der Waals surface area contributed by atoms with Crippen LogP contribution in [0.1, 0.15) is 148 Å². The van der Waals surface area contributed by atoms with Crippen LogP contribution in [0.2, 0.25) is 0 Å². The number of aromatic amines is 1. The minimum atomic E-state index is -1.59. The van der Waals surface area contributed by atoms with Gasteiger partial charge in [-0.25, -0.2) is 4.39 Å². The van der Waals surface area contributed by atoms with Gasteiger partial charge in [-0.2, -0.15) is 0 Å². The number of carboxylic acids is 1. The Morgan fingerprint density at radius 1 is 0.597 bits per heavy atom. The van der Waals surface area contributed by atoms with Crippen LogP contribution in [0.4, 0.5) is 4.39 Å². The number of carboxylic acid groups (broad SMARTS) is 1. The zero-order chi connectivity index (χ0) is 94.6. The predicted molar refractivity (Wildman–Crippen MR) is 478 cm³/mol. The number of aromatic hydroxyl groups is 1. The summed E-state index contributed by atoms with van der Waals surface area (Å²) in [5.41, 5.74) is 20.1. The van der Waals surface area contributed by atoms with Gasteiger partial charge in [-0.15, -0.1) is 11.8 Å². The number of nitrogens with two attached hydrogens (primary N) is 3. The zero-order valence-electron chi connectivity index (χ0n) is 74.8. The Hall–Kier alpha value is -11.9. The lowest BCUT2D eigenvalue weighted by Gasteiger charge is -2.38. The predicted octanol–water partition coefficient (Wildman–Crippen LogP) is 1.88. The number of phenolic OH excluding ortho intramolecular Hbond substituents is 1. The molecule has 4 aromatic carbocycles. The maximum absolute atomic E-state index is 15.4. The SMILES string of the molecule is CCCC[C@@H](C(=O)N1CCC[C@@H]1C(=O)N[C@H](C=O)CC(=O)O)N(C)C(=O)[C@H](Cc1ccccc1)N(C)C(=O)[C@H](Cc1ccc(F)cc1)NC(=O)CSC[C@H](NC(=O)[C@H](CC(C)C)NC(=O)[C@H](Cc1ccc(O)cc1)NC(=O)[C@H](Cc1c[nH]c2ccccc12)NC(=O)[C@H]1CCCN1C1OC1[C@H](CCC(N)=O)NC(=O)[C@H](CC(C)C)N(C)C(=O)[C@@H](N)C(C)C)C(=O)NCC(N)=O. The number of likely N-dealkylation sites (tertiary alicyclic amines) is 2. The maximum atomic E-state index is 15.4. The molecule has 5 aromatic rings. The number of aliphatic carboxylic acids is 1. The third kappa shape index (κ3) is 30.1. The monoisotopic (exact) mass is 1810 g/mol. The molecule has 4 heterocycles. The third-order valence-electron chi connectivity index (χ3n) is 23.3. The number of carbonyl (C=O) groups excluding carboxylic acids is 15. The van der Waals surface area contributed by atoms with Crippen molar-refractivity contribution in [3.63, 3.8) is 0 Å². The number of hydrogen-bond acceptors (Lipinski definition) is 21. The van der Waals surface area contributed by atoms with Crippen molar-refractivity contribution in [3.8, 4) is 5.75 Å². The molecule has 3 aliphatic rings. The van der Waals surface area contributed by atoms with Crippen LogP contribution in [0.3, 0.4) is 0 Å². The number of aromatic nitrogens is 1. The number of aldehydes is 1. The first-order valence-electron chi connectivity index (χ1n) is 43.9. The molecular weight excluding hydrogens is 1690 g/mol. The molecule has 1 aromatic heterocycles. The number of fused-ring (bicyclic) bond motifs is 1. The van der Waals surface area contributed by atoms with E-state index in [4.69, 9.17) is 21.9 Å². The molecule has 702 valence electrons. The van der Waals surface area contributed by atoms with E-state index in [0.29, 0.717) is 72.7 Å². The number of ether oxygens (including phenoxy) is 1. The van der Waals surface area contributed by atoms with Crippen LogP contribution < -0.4 is 59.7 Å². The van der Waals surface area contributed by atoms with E-state index in [-0.39, 0.29) is 94.3 Å². The molecule has 0 bridgehead atoms. The van der Waals surface area contributed by atoms with E-state index in [9.17, 15) is 67.3 Å². The summed E-state index contributed by atoms with van der Waals surface area (Å²) in [6.45, 7) is 12.5. The van der Waals surface area contributed by atoms with Crippen molar-refractivity contribution in [1.82, 2.24) is 72.0 Å². The number of unbranched alkanes of at least 4 members (excludes halogenated alkanes) is 1. The van der Waals surface area contributed by atoms with E-state index < -0.39 is 210 Å². The summed E-state index contributed by atoms with van der Waals surface area (Å²) in [6.07, 6.45) is 1.59.